The summed E-state index contributed by atoms with van der Waals surface area (Å²) in [5.74, 6) is 0.849. The largest absolute Gasteiger partial charge is 0.374 e. The van der Waals surface area contributed by atoms with Crippen molar-refractivity contribution in [3.05, 3.63) is 0 Å². The minimum atomic E-state index is 0.270. The molecule has 1 aliphatic rings. The molecule has 2 nitrogen and oxygen atoms in total. The summed E-state index contributed by atoms with van der Waals surface area (Å²) in [5.41, 5.74) is 6.24. The summed E-state index contributed by atoms with van der Waals surface area (Å²) in [6.07, 6.45) is 13.5. The molecule has 0 heterocycles. The van der Waals surface area contributed by atoms with E-state index in [0.29, 0.717) is 12.2 Å². The van der Waals surface area contributed by atoms with Gasteiger partial charge in [-0.05, 0) is 38.5 Å². The summed E-state index contributed by atoms with van der Waals surface area (Å²) in [7, 11) is 0. The third-order valence-corrected chi connectivity index (χ3v) is 4.52. The lowest BCUT2D eigenvalue weighted by Crippen LogP contribution is -2.43. The fraction of sp³-hybridized carbons (Fsp3) is 1.00. The van der Waals surface area contributed by atoms with E-state index < -0.39 is 0 Å². The molecule has 0 amide bonds. The van der Waals surface area contributed by atoms with Crippen molar-refractivity contribution in [1.29, 1.82) is 0 Å². The van der Waals surface area contributed by atoms with Crippen LogP contribution < -0.4 is 5.73 Å². The highest BCUT2D eigenvalue weighted by Crippen LogP contribution is 2.30. The monoisotopic (exact) mass is 269 g/mol. The van der Waals surface area contributed by atoms with Crippen LogP contribution in [-0.4, -0.2) is 18.2 Å². The molecule has 2 heteroatoms. The van der Waals surface area contributed by atoms with E-state index in [1.54, 1.807) is 0 Å². The minimum Gasteiger partial charge on any atom is -0.374 e. The van der Waals surface area contributed by atoms with E-state index in [0.717, 1.165) is 12.3 Å². The maximum atomic E-state index is 6.24. The number of rotatable bonds is 9. The molecule has 1 saturated carbocycles. The zero-order valence-corrected chi connectivity index (χ0v) is 13.4. The van der Waals surface area contributed by atoms with Gasteiger partial charge in [0.1, 0.15) is 0 Å². The lowest BCUT2D eigenvalue weighted by molar-refractivity contribution is -0.0471. The Kier molecular flexibility index (Phi) is 8.72. The van der Waals surface area contributed by atoms with Gasteiger partial charge in [0.05, 0.1) is 12.2 Å². The molecule has 4 unspecified atom stereocenters. The quantitative estimate of drug-likeness (QED) is 0.618. The lowest BCUT2D eigenvalue weighted by Gasteiger charge is -2.35. The number of hydrogen-bond donors (Lipinski definition) is 1. The molecular formula is C17H35NO. The van der Waals surface area contributed by atoms with Gasteiger partial charge in [0, 0.05) is 6.04 Å². The topological polar surface area (TPSA) is 35.2 Å². The van der Waals surface area contributed by atoms with Gasteiger partial charge in [-0.1, -0.05) is 52.4 Å². The fourth-order valence-corrected chi connectivity index (χ4v) is 3.29. The highest BCUT2D eigenvalue weighted by molar-refractivity contribution is 4.84. The van der Waals surface area contributed by atoms with Gasteiger partial charge < -0.3 is 10.5 Å². The Morgan fingerprint density at radius 1 is 1.11 bits per heavy atom. The van der Waals surface area contributed by atoms with Crippen LogP contribution in [0.2, 0.25) is 0 Å². The van der Waals surface area contributed by atoms with Crippen molar-refractivity contribution in [3.63, 3.8) is 0 Å². The van der Waals surface area contributed by atoms with E-state index >= 15 is 0 Å². The van der Waals surface area contributed by atoms with Crippen molar-refractivity contribution in [2.45, 2.75) is 103 Å². The van der Waals surface area contributed by atoms with Crippen LogP contribution in [0.15, 0.2) is 0 Å². The molecule has 0 saturated heterocycles. The molecule has 4 atom stereocenters. The Morgan fingerprint density at radius 2 is 1.89 bits per heavy atom. The van der Waals surface area contributed by atoms with Gasteiger partial charge in [0.15, 0.2) is 0 Å². The molecule has 0 aliphatic heterocycles. The molecule has 1 aliphatic carbocycles. The predicted octanol–water partition coefficient (Wildman–Crippen LogP) is 4.66. The predicted molar refractivity (Wildman–Crippen MR) is 83.3 cm³/mol. The van der Waals surface area contributed by atoms with Gasteiger partial charge in [-0.25, -0.2) is 0 Å². The number of ether oxygens (including phenoxy) is 1. The van der Waals surface area contributed by atoms with Crippen molar-refractivity contribution < 1.29 is 4.74 Å². The van der Waals surface area contributed by atoms with Crippen LogP contribution in [0.5, 0.6) is 0 Å². The Morgan fingerprint density at radius 3 is 2.58 bits per heavy atom. The smallest absolute Gasteiger partial charge is 0.0732 e. The summed E-state index contributed by atoms with van der Waals surface area (Å²) >= 11 is 0. The first kappa shape index (κ1) is 17.0. The van der Waals surface area contributed by atoms with Crippen LogP contribution in [-0.2, 0) is 4.74 Å². The molecule has 19 heavy (non-hydrogen) atoms. The number of nitrogens with two attached hydrogens (primary N) is 1. The third-order valence-electron chi connectivity index (χ3n) is 4.52. The van der Waals surface area contributed by atoms with E-state index in [-0.39, 0.29) is 6.04 Å². The van der Waals surface area contributed by atoms with Gasteiger partial charge in [-0.2, -0.15) is 0 Å². The van der Waals surface area contributed by atoms with Crippen LogP contribution in [0.3, 0.4) is 0 Å². The highest BCUT2D eigenvalue weighted by Gasteiger charge is 2.29. The first-order chi connectivity index (χ1) is 9.17. The van der Waals surface area contributed by atoms with Crippen LogP contribution >= 0.6 is 0 Å². The van der Waals surface area contributed by atoms with Crippen molar-refractivity contribution in [3.8, 4) is 0 Å². The maximum Gasteiger partial charge on any atom is 0.0732 e. The number of unbranched alkanes of at least 4 members (excludes halogenated alkanes) is 3. The Labute approximate surface area is 120 Å². The second-order valence-electron chi connectivity index (χ2n) is 6.47. The molecule has 0 spiro atoms. The second-order valence-corrected chi connectivity index (χ2v) is 6.47. The van der Waals surface area contributed by atoms with E-state index in [4.69, 9.17) is 10.5 Å². The average molecular weight is 269 g/mol. The zero-order chi connectivity index (χ0) is 14.1. The Balaban J connectivity index is 2.24. The third kappa shape index (κ3) is 6.76. The summed E-state index contributed by atoms with van der Waals surface area (Å²) < 4.78 is 6.24. The molecule has 1 fully saturated rings. The lowest BCUT2D eigenvalue weighted by atomic mass is 9.82. The summed E-state index contributed by atoms with van der Waals surface area (Å²) in [6, 6.07) is 0.270. The first-order valence-electron chi connectivity index (χ1n) is 8.58. The van der Waals surface area contributed by atoms with Crippen LogP contribution in [0.1, 0.15) is 85.0 Å². The van der Waals surface area contributed by atoms with Crippen LogP contribution in [0.4, 0.5) is 0 Å². The van der Waals surface area contributed by atoms with Gasteiger partial charge in [-0.15, -0.1) is 0 Å². The average Bonchev–Trinajstić information content (AvgIpc) is 2.39. The standard InChI is InChI=1S/C17H35NO/c1-4-6-7-8-10-14(3)19-17-13-15(9-5-2)11-12-16(17)18/h14-17H,4-13,18H2,1-3H3. The molecule has 0 aromatic carbocycles. The second kappa shape index (κ2) is 9.77. The molecule has 1 rings (SSSR count). The maximum absolute atomic E-state index is 6.24. The Hall–Kier alpha value is -0.0800. The number of hydrogen-bond acceptors (Lipinski definition) is 2. The van der Waals surface area contributed by atoms with Crippen LogP contribution in [0.25, 0.3) is 0 Å². The normalized spacial score (nSPS) is 29.4. The van der Waals surface area contributed by atoms with Crippen molar-refractivity contribution >= 4 is 0 Å². The van der Waals surface area contributed by atoms with Crippen molar-refractivity contribution in [1.82, 2.24) is 0 Å². The SMILES string of the molecule is CCCCCCC(C)OC1CC(CCC)CCC1N. The van der Waals surface area contributed by atoms with E-state index in [2.05, 4.69) is 20.8 Å². The van der Waals surface area contributed by atoms with Gasteiger partial charge >= 0.3 is 0 Å². The fourth-order valence-electron chi connectivity index (χ4n) is 3.29. The molecule has 2 N–H and O–H groups in total. The molecule has 114 valence electrons. The summed E-state index contributed by atoms with van der Waals surface area (Å²) in [5, 5.41) is 0. The highest BCUT2D eigenvalue weighted by atomic mass is 16.5. The molecular weight excluding hydrogens is 234 g/mol. The van der Waals surface area contributed by atoms with Gasteiger partial charge in [0.25, 0.3) is 0 Å². The van der Waals surface area contributed by atoms with Crippen LogP contribution in [0, 0.1) is 5.92 Å². The van der Waals surface area contributed by atoms with Crippen molar-refractivity contribution in [2.24, 2.45) is 11.7 Å². The van der Waals surface area contributed by atoms with E-state index in [1.807, 2.05) is 0 Å². The van der Waals surface area contributed by atoms with E-state index in [1.165, 1.54) is 57.8 Å². The molecule has 0 aromatic heterocycles. The molecule has 0 aromatic rings. The zero-order valence-electron chi connectivity index (χ0n) is 13.4. The Bertz CT molecular complexity index is 219. The van der Waals surface area contributed by atoms with Gasteiger partial charge in [-0.3, -0.25) is 0 Å². The molecule has 0 radical (unpaired) electrons. The molecule has 0 bridgehead atoms. The summed E-state index contributed by atoms with van der Waals surface area (Å²) in [6.45, 7) is 6.76. The summed E-state index contributed by atoms with van der Waals surface area (Å²) in [4.78, 5) is 0. The van der Waals surface area contributed by atoms with Crippen molar-refractivity contribution in [2.75, 3.05) is 0 Å². The first-order valence-corrected chi connectivity index (χ1v) is 8.58. The van der Waals surface area contributed by atoms with E-state index in [9.17, 15) is 0 Å². The van der Waals surface area contributed by atoms with Gasteiger partial charge in [0.2, 0.25) is 0 Å². The minimum absolute atomic E-state index is 0.270.